The molecule has 114 valence electrons. The Kier molecular flexibility index (Phi) is 6.19. The summed E-state index contributed by atoms with van der Waals surface area (Å²) in [5, 5.41) is 3.70. The first-order valence-electron chi connectivity index (χ1n) is 6.17. The van der Waals surface area contributed by atoms with Crippen LogP contribution >= 0.6 is 0 Å². The number of ketones is 1. The molecule has 0 radical (unpaired) electrons. The average molecular weight is 311 g/mol. The van der Waals surface area contributed by atoms with Crippen molar-refractivity contribution in [1.29, 1.82) is 0 Å². The van der Waals surface area contributed by atoms with Gasteiger partial charge in [-0.2, -0.15) is 5.10 Å². The second-order valence-electron chi connectivity index (χ2n) is 4.40. The largest absolute Gasteiger partial charge is 0.300 e. The first-order chi connectivity index (χ1) is 9.81. The van der Waals surface area contributed by atoms with Crippen molar-refractivity contribution in [2.24, 2.45) is 5.10 Å². The highest BCUT2D eigenvalue weighted by atomic mass is 32.2. The zero-order chi connectivity index (χ0) is 15.9. The van der Waals surface area contributed by atoms with E-state index in [1.165, 1.54) is 19.1 Å². The number of hydrazone groups is 1. The quantitative estimate of drug-likeness (QED) is 0.563. The molecule has 1 amide bonds. The summed E-state index contributed by atoms with van der Waals surface area (Å²) in [4.78, 5) is 22.4. The molecule has 0 fully saturated rings. The van der Waals surface area contributed by atoms with Crippen molar-refractivity contribution >= 4 is 27.4 Å². The zero-order valence-corrected chi connectivity index (χ0v) is 12.6. The van der Waals surface area contributed by atoms with E-state index >= 15 is 0 Å². The van der Waals surface area contributed by atoms with E-state index in [1.807, 2.05) is 0 Å². The summed E-state index contributed by atoms with van der Waals surface area (Å²) in [6.07, 6.45) is 0.135. The van der Waals surface area contributed by atoms with Crippen molar-refractivity contribution in [3.63, 3.8) is 0 Å². The first-order valence-corrected chi connectivity index (χ1v) is 7.66. The lowest BCUT2D eigenvalue weighted by molar-refractivity contribution is -0.120. The van der Waals surface area contributed by atoms with Crippen molar-refractivity contribution in [1.82, 2.24) is 10.1 Å². The summed E-state index contributed by atoms with van der Waals surface area (Å²) < 4.78 is 25.9. The van der Waals surface area contributed by atoms with Crippen LogP contribution in [0.4, 0.5) is 0 Å². The van der Waals surface area contributed by atoms with Gasteiger partial charge in [0.25, 0.3) is 5.91 Å². The van der Waals surface area contributed by atoms with Gasteiger partial charge < -0.3 is 0 Å². The number of hydrogen-bond donors (Lipinski definition) is 2. The molecule has 1 rings (SSSR count). The molecule has 0 aliphatic rings. The number of hydrogen-bond acceptors (Lipinski definition) is 5. The molecule has 0 saturated heterocycles. The Balaban J connectivity index is 2.52. The van der Waals surface area contributed by atoms with Crippen LogP contribution in [-0.4, -0.2) is 32.4 Å². The smallest absolute Gasteiger partial charge is 0.255 e. The van der Waals surface area contributed by atoms with Crippen molar-refractivity contribution in [2.45, 2.75) is 25.2 Å². The van der Waals surface area contributed by atoms with Crippen molar-refractivity contribution < 1.29 is 18.0 Å². The van der Waals surface area contributed by atoms with E-state index in [2.05, 4.69) is 15.2 Å². The molecule has 1 aromatic carbocycles. The van der Waals surface area contributed by atoms with Gasteiger partial charge in [-0.1, -0.05) is 18.2 Å². The Bertz CT molecular complexity index is 639. The second-order valence-corrected chi connectivity index (χ2v) is 6.17. The zero-order valence-electron chi connectivity index (χ0n) is 11.8. The molecule has 7 nitrogen and oxygen atoms in total. The van der Waals surface area contributed by atoms with Gasteiger partial charge in [0.2, 0.25) is 10.0 Å². The number of carbonyl (C=O) groups excluding carboxylic acids is 2. The molecule has 21 heavy (non-hydrogen) atoms. The highest BCUT2D eigenvalue weighted by molar-refractivity contribution is 7.89. The highest BCUT2D eigenvalue weighted by Gasteiger charge is 2.14. The third-order valence-electron chi connectivity index (χ3n) is 2.35. The van der Waals surface area contributed by atoms with Gasteiger partial charge in [0.1, 0.15) is 5.78 Å². The van der Waals surface area contributed by atoms with Crippen molar-refractivity contribution in [2.75, 3.05) is 6.54 Å². The van der Waals surface area contributed by atoms with E-state index < -0.39 is 22.5 Å². The van der Waals surface area contributed by atoms with Gasteiger partial charge in [-0.25, -0.2) is 18.6 Å². The standard InChI is InChI=1S/C13H17N3O4S/c1-10(8-11(2)17)15-16-13(18)9-14-21(19,20)12-6-4-3-5-7-12/h3-7,14H,8-9H2,1-2H3,(H,16,18)/b15-10-. The number of amides is 1. The Morgan fingerprint density at radius 1 is 1.14 bits per heavy atom. The lowest BCUT2D eigenvalue weighted by Gasteiger charge is -2.06. The van der Waals surface area contributed by atoms with E-state index in [-0.39, 0.29) is 17.1 Å². The van der Waals surface area contributed by atoms with Crippen LogP contribution in [0.1, 0.15) is 20.3 Å². The molecule has 0 bridgehead atoms. The summed E-state index contributed by atoms with van der Waals surface area (Å²) >= 11 is 0. The predicted octanol–water partition coefficient (Wildman–Crippen LogP) is 0.436. The number of carbonyl (C=O) groups is 2. The molecule has 0 unspecified atom stereocenters. The van der Waals surface area contributed by atoms with Gasteiger partial charge >= 0.3 is 0 Å². The highest BCUT2D eigenvalue weighted by Crippen LogP contribution is 2.06. The molecular formula is C13H17N3O4S. The van der Waals surface area contributed by atoms with E-state index in [9.17, 15) is 18.0 Å². The predicted molar refractivity (Wildman–Crippen MR) is 78.2 cm³/mol. The second kappa shape index (κ2) is 7.65. The van der Waals surface area contributed by atoms with Gasteiger partial charge in [-0.15, -0.1) is 0 Å². The third-order valence-corrected chi connectivity index (χ3v) is 3.77. The lowest BCUT2D eigenvalue weighted by Crippen LogP contribution is -2.35. The molecule has 2 N–H and O–H groups in total. The van der Waals surface area contributed by atoms with Gasteiger partial charge in [0.15, 0.2) is 0 Å². The Hall–Kier alpha value is -2.06. The van der Waals surface area contributed by atoms with Crippen LogP contribution in [0.25, 0.3) is 0 Å². The maximum atomic E-state index is 11.8. The summed E-state index contributed by atoms with van der Waals surface area (Å²) in [5.41, 5.74) is 2.63. The Morgan fingerprint density at radius 2 is 1.76 bits per heavy atom. The average Bonchev–Trinajstić information content (AvgIpc) is 2.43. The molecule has 0 atom stereocenters. The Labute approximate surface area is 123 Å². The number of rotatable bonds is 7. The number of nitrogens with zero attached hydrogens (tertiary/aromatic N) is 1. The fraction of sp³-hybridized carbons (Fsp3) is 0.308. The maximum absolute atomic E-state index is 11.8. The summed E-state index contributed by atoms with van der Waals surface area (Å²) in [6.45, 7) is 2.57. The minimum Gasteiger partial charge on any atom is -0.300 e. The first kappa shape index (κ1) is 17.0. The fourth-order valence-electron chi connectivity index (χ4n) is 1.44. The molecular weight excluding hydrogens is 294 g/mol. The molecule has 0 aliphatic carbocycles. The minimum absolute atomic E-state index is 0.0738. The van der Waals surface area contributed by atoms with Crippen LogP contribution in [0.3, 0.4) is 0 Å². The van der Waals surface area contributed by atoms with Gasteiger partial charge in [-0.05, 0) is 26.0 Å². The van der Waals surface area contributed by atoms with E-state index in [1.54, 1.807) is 25.1 Å². The number of sulfonamides is 1. The van der Waals surface area contributed by atoms with E-state index in [0.29, 0.717) is 5.71 Å². The van der Waals surface area contributed by atoms with Crippen molar-refractivity contribution in [3.8, 4) is 0 Å². The molecule has 0 aromatic heterocycles. The van der Waals surface area contributed by atoms with Crippen LogP contribution in [0, 0.1) is 0 Å². The molecule has 8 heteroatoms. The molecule has 0 aliphatic heterocycles. The lowest BCUT2D eigenvalue weighted by atomic mass is 10.2. The molecule has 0 heterocycles. The van der Waals surface area contributed by atoms with E-state index in [4.69, 9.17) is 0 Å². The maximum Gasteiger partial charge on any atom is 0.255 e. The summed E-state index contributed by atoms with van der Waals surface area (Å²) in [5.74, 6) is -0.687. The Morgan fingerprint density at radius 3 is 2.33 bits per heavy atom. The van der Waals surface area contributed by atoms with Gasteiger partial charge in [-0.3, -0.25) is 9.59 Å². The van der Waals surface area contributed by atoms with Crippen LogP contribution in [0.15, 0.2) is 40.3 Å². The monoisotopic (exact) mass is 311 g/mol. The minimum atomic E-state index is -3.73. The van der Waals surface area contributed by atoms with Gasteiger partial charge in [0, 0.05) is 12.1 Å². The van der Waals surface area contributed by atoms with Crippen LogP contribution < -0.4 is 10.1 Å². The number of benzene rings is 1. The number of Topliss-reactive ketones (excluding diaryl/α,β-unsaturated/α-hetero) is 1. The van der Waals surface area contributed by atoms with Crippen LogP contribution in [0.5, 0.6) is 0 Å². The van der Waals surface area contributed by atoms with Gasteiger partial charge in [0.05, 0.1) is 11.4 Å². The third kappa shape index (κ3) is 6.28. The SMILES string of the molecule is CC(=O)C/C(C)=N\NC(=O)CNS(=O)(=O)c1ccccc1. The van der Waals surface area contributed by atoms with E-state index in [0.717, 1.165) is 0 Å². The normalized spacial score (nSPS) is 12.0. The molecule has 1 aromatic rings. The molecule has 0 saturated carbocycles. The summed E-state index contributed by atoms with van der Waals surface area (Å²) in [7, 11) is -3.73. The fourth-order valence-corrected chi connectivity index (χ4v) is 2.44. The van der Waals surface area contributed by atoms with Crippen molar-refractivity contribution in [3.05, 3.63) is 30.3 Å². The topological polar surface area (TPSA) is 105 Å². The molecule has 0 spiro atoms. The van der Waals surface area contributed by atoms with Crippen LogP contribution in [0.2, 0.25) is 0 Å². The van der Waals surface area contributed by atoms with Crippen LogP contribution in [-0.2, 0) is 19.6 Å². The summed E-state index contributed by atoms with van der Waals surface area (Å²) in [6, 6.07) is 7.72. The number of nitrogens with one attached hydrogen (secondary N) is 2.